The molecule has 0 saturated carbocycles. The Morgan fingerprint density at radius 1 is 1.52 bits per heavy atom. The number of hydrogen-bond acceptors (Lipinski definition) is 8. The Bertz CT molecular complexity index is 1130. The number of likely N-dealkylation sites (tertiary alicyclic amines) is 1. The first-order chi connectivity index (χ1) is 15.9. The van der Waals surface area contributed by atoms with Crippen molar-refractivity contribution in [2.45, 2.75) is 18.5 Å². The molecule has 5 N–H and O–H groups in total. The number of nitrogens with one attached hydrogen (secondary N) is 3. The van der Waals surface area contributed by atoms with E-state index in [9.17, 15) is 9.18 Å². The molecule has 1 amide bonds. The molecule has 2 atom stereocenters. The van der Waals surface area contributed by atoms with Crippen LogP contribution < -0.4 is 16.4 Å². The fourth-order valence-corrected chi connectivity index (χ4v) is 4.36. The minimum Gasteiger partial charge on any atom is -0.449 e. The fourth-order valence-electron chi connectivity index (χ4n) is 4.20. The van der Waals surface area contributed by atoms with Crippen LogP contribution in [0, 0.1) is 5.92 Å². The van der Waals surface area contributed by atoms with Crippen molar-refractivity contribution in [2.75, 3.05) is 39.5 Å². The molecule has 5 heterocycles. The summed E-state index contributed by atoms with van der Waals surface area (Å²) in [6, 6.07) is 1.77. The third kappa shape index (κ3) is 4.61. The first-order valence-electron chi connectivity index (χ1n) is 10.8. The lowest BCUT2D eigenvalue weighted by atomic mass is 10.1. The number of ether oxygens (including phenoxy) is 2. The van der Waals surface area contributed by atoms with Gasteiger partial charge in [-0.1, -0.05) is 11.6 Å². The summed E-state index contributed by atoms with van der Waals surface area (Å²) in [6.07, 6.45) is 4.17. The van der Waals surface area contributed by atoms with Gasteiger partial charge in [-0.15, -0.1) is 0 Å². The number of hydrogen-bond donors (Lipinski definition) is 4. The second-order valence-corrected chi connectivity index (χ2v) is 9.02. The number of nitrogens with zero attached hydrogens (tertiary/aromatic N) is 3. The SMILES string of the molecule is N[C@@]1(NC2=C(F)CNC(c3c[nH]c4ncc(Cl)cc34)=N2)CCN(C(=O)OCC2CCOC2)C1. The van der Waals surface area contributed by atoms with E-state index in [2.05, 4.69) is 25.6 Å². The second kappa shape index (κ2) is 8.81. The molecule has 33 heavy (non-hydrogen) atoms. The van der Waals surface area contributed by atoms with Crippen molar-refractivity contribution in [3.8, 4) is 0 Å². The van der Waals surface area contributed by atoms with Crippen LogP contribution in [0.4, 0.5) is 9.18 Å². The van der Waals surface area contributed by atoms with Gasteiger partial charge in [0.05, 0.1) is 31.3 Å². The topological polar surface area (TPSA) is 130 Å². The third-order valence-electron chi connectivity index (χ3n) is 6.04. The molecule has 2 fully saturated rings. The van der Waals surface area contributed by atoms with Crippen molar-refractivity contribution in [2.24, 2.45) is 16.6 Å². The Balaban J connectivity index is 1.27. The highest BCUT2D eigenvalue weighted by Crippen LogP contribution is 2.25. The zero-order valence-corrected chi connectivity index (χ0v) is 18.6. The summed E-state index contributed by atoms with van der Waals surface area (Å²) in [5.74, 6) is 0.259. The van der Waals surface area contributed by atoms with Gasteiger partial charge in [-0.25, -0.2) is 19.2 Å². The summed E-state index contributed by atoms with van der Waals surface area (Å²) in [5.41, 5.74) is 6.80. The van der Waals surface area contributed by atoms with Crippen LogP contribution in [0.1, 0.15) is 18.4 Å². The van der Waals surface area contributed by atoms with Crippen molar-refractivity contribution in [1.29, 1.82) is 0 Å². The molecule has 10 nitrogen and oxygen atoms in total. The van der Waals surface area contributed by atoms with Crippen molar-refractivity contribution in [1.82, 2.24) is 25.5 Å². The lowest BCUT2D eigenvalue weighted by Gasteiger charge is -2.29. The number of rotatable bonds is 5. The largest absolute Gasteiger partial charge is 0.449 e. The van der Waals surface area contributed by atoms with E-state index in [1.54, 1.807) is 18.5 Å². The first kappa shape index (κ1) is 21.9. The van der Waals surface area contributed by atoms with Crippen molar-refractivity contribution in [3.05, 3.63) is 40.7 Å². The molecule has 0 radical (unpaired) electrons. The minimum absolute atomic E-state index is 0.0360. The zero-order chi connectivity index (χ0) is 23.0. The number of carbonyl (C=O) groups is 1. The Kier molecular flexibility index (Phi) is 5.85. The number of aliphatic imine (C=N–C) groups is 1. The van der Waals surface area contributed by atoms with Gasteiger partial charge in [0.2, 0.25) is 0 Å². The molecule has 176 valence electrons. The van der Waals surface area contributed by atoms with E-state index in [1.807, 2.05) is 0 Å². The summed E-state index contributed by atoms with van der Waals surface area (Å²) in [5, 5.41) is 7.23. The van der Waals surface area contributed by atoms with Crippen LogP contribution in [-0.2, 0) is 9.47 Å². The van der Waals surface area contributed by atoms with Crippen molar-refractivity contribution < 1.29 is 18.7 Å². The Morgan fingerprint density at radius 2 is 2.39 bits per heavy atom. The van der Waals surface area contributed by atoms with Crippen LogP contribution in [0.25, 0.3) is 11.0 Å². The molecule has 3 aliphatic rings. The molecule has 0 aromatic carbocycles. The predicted octanol–water partition coefficient (Wildman–Crippen LogP) is 1.83. The highest BCUT2D eigenvalue weighted by atomic mass is 35.5. The van der Waals surface area contributed by atoms with Crippen molar-refractivity contribution in [3.63, 3.8) is 0 Å². The normalized spacial score (nSPS) is 25.4. The first-order valence-corrected chi connectivity index (χ1v) is 11.2. The molecule has 2 saturated heterocycles. The number of fused-ring (bicyclic) bond motifs is 1. The highest BCUT2D eigenvalue weighted by molar-refractivity contribution is 6.31. The Hall–Kier alpha value is -2.89. The summed E-state index contributed by atoms with van der Waals surface area (Å²) in [6.45, 7) is 2.16. The maximum atomic E-state index is 14.6. The van der Waals surface area contributed by atoms with Crippen LogP contribution in [0.5, 0.6) is 0 Å². The number of nitrogens with two attached hydrogens (primary N) is 1. The standard InChI is InChI=1S/C21H25ClFN7O3/c22-13-5-14-15(7-26-17(14)25-6-13)18-27-8-16(23)19(28-18)29-21(24)2-3-30(11-21)20(31)33-10-12-1-4-32-9-12/h5-7,12,29H,1-4,8-11,24H2,(H,25,26)(H,27,28)/t12?,21-/m1/s1. The van der Waals surface area contributed by atoms with Gasteiger partial charge >= 0.3 is 6.09 Å². The number of carbonyl (C=O) groups excluding carboxylic acids is 1. The van der Waals surface area contributed by atoms with E-state index in [0.717, 1.165) is 11.8 Å². The van der Waals surface area contributed by atoms with Crippen LogP contribution in [0.3, 0.4) is 0 Å². The van der Waals surface area contributed by atoms with Gasteiger partial charge in [-0.2, -0.15) is 0 Å². The third-order valence-corrected chi connectivity index (χ3v) is 6.24. The average molecular weight is 478 g/mol. The Labute approximate surface area is 194 Å². The molecule has 0 bridgehead atoms. The molecule has 1 unspecified atom stereocenters. The van der Waals surface area contributed by atoms with E-state index in [0.29, 0.717) is 54.9 Å². The highest BCUT2D eigenvalue weighted by Gasteiger charge is 2.39. The summed E-state index contributed by atoms with van der Waals surface area (Å²) in [7, 11) is 0. The van der Waals surface area contributed by atoms with E-state index >= 15 is 0 Å². The van der Waals surface area contributed by atoms with Crippen molar-refractivity contribution >= 4 is 34.6 Å². The number of H-pyrrole nitrogens is 1. The van der Waals surface area contributed by atoms with Crippen LogP contribution in [-0.4, -0.2) is 71.9 Å². The molecular formula is C21H25ClFN7O3. The second-order valence-electron chi connectivity index (χ2n) is 8.58. The summed E-state index contributed by atoms with van der Waals surface area (Å²) >= 11 is 6.08. The van der Waals surface area contributed by atoms with Gasteiger partial charge in [-0.05, 0) is 12.5 Å². The smallest absolute Gasteiger partial charge is 0.409 e. The van der Waals surface area contributed by atoms with Gasteiger partial charge in [0.25, 0.3) is 0 Å². The van der Waals surface area contributed by atoms with E-state index in [1.165, 1.54) is 4.90 Å². The zero-order valence-electron chi connectivity index (χ0n) is 17.9. The van der Waals surface area contributed by atoms with E-state index < -0.39 is 17.6 Å². The number of halogens is 2. The van der Waals surface area contributed by atoms with E-state index in [-0.39, 0.29) is 24.8 Å². The molecule has 0 aliphatic carbocycles. The number of pyridine rings is 1. The minimum atomic E-state index is -1.03. The molecule has 2 aromatic rings. The molecule has 3 aliphatic heterocycles. The van der Waals surface area contributed by atoms with E-state index in [4.69, 9.17) is 26.8 Å². The molecule has 5 rings (SSSR count). The number of amides is 1. The average Bonchev–Trinajstić information content (AvgIpc) is 3.54. The van der Waals surface area contributed by atoms with Crippen LogP contribution >= 0.6 is 11.6 Å². The van der Waals surface area contributed by atoms with Gasteiger partial charge in [-0.3, -0.25) is 0 Å². The van der Waals surface area contributed by atoms with Gasteiger partial charge in [0, 0.05) is 48.8 Å². The lowest BCUT2D eigenvalue weighted by Crippen LogP contribution is -2.56. The summed E-state index contributed by atoms with van der Waals surface area (Å²) in [4.78, 5) is 25.7. The number of aromatic amines is 1. The van der Waals surface area contributed by atoms with Gasteiger partial charge in [0.15, 0.2) is 11.6 Å². The van der Waals surface area contributed by atoms with Gasteiger partial charge < -0.3 is 35.7 Å². The predicted molar refractivity (Wildman–Crippen MR) is 120 cm³/mol. The summed E-state index contributed by atoms with van der Waals surface area (Å²) < 4.78 is 25.4. The van der Waals surface area contributed by atoms with Gasteiger partial charge in [0.1, 0.15) is 17.1 Å². The molecular weight excluding hydrogens is 453 g/mol. The maximum Gasteiger partial charge on any atom is 0.409 e. The molecule has 2 aromatic heterocycles. The lowest BCUT2D eigenvalue weighted by molar-refractivity contribution is 0.0875. The number of amidine groups is 1. The quantitative estimate of drug-likeness (QED) is 0.483. The number of aromatic nitrogens is 2. The monoisotopic (exact) mass is 477 g/mol. The molecule has 12 heteroatoms. The van der Waals surface area contributed by atoms with Crippen LogP contribution in [0.15, 0.2) is 35.1 Å². The Morgan fingerprint density at radius 3 is 3.21 bits per heavy atom. The fraction of sp³-hybridized carbons (Fsp3) is 0.476. The molecule has 0 spiro atoms. The van der Waals surface area contributed by atoms with Crippen LogP contribution in [0.2, 0.25) is 5.02 Å². The maximum absolute atomic E-state index is 14.6.